The number of hydrogen-bond acceptors (Lipinski definition) is 3. The van der Waals surface area contributed by atoms with Crippen LogP contribution < -0.4 is 5.32 Å². The van der Waals surface area contributed by atoms with Gasteiger partial charge >= 0.3 is 0 Å². The summed E-state index contributed by atoms with van der Waals surface area (Å²) in [7, 11) is 0. The summed E-state index contributed by atoms with van der Waals surface area (Å²) in [6, 6.07) is 27.8. The first-order valence-corrected chi connectivity index (χ1v) is 11.2. The fraction of sp³-hybridized carbons (Fsp3) is 0.107. The average Bonchev–Trinajstić information content (AvgIpc) is 3.48. The van der Waals surface area contributed by atoms with E-state index in [1.807, 2.05) is 96.8 Å². The SMILES string of the molecule is Cc1nccn1Cc1ccc(NC(=O)c2cn(Cc3ccccc3)nc2-c2ccccc2)cc1. The molecule has 0 atom stereocenters. The second-order valence-electron chi connectivity index (χ2n) is 8.19. The van der Waals surface area contributed by atoms with Crippen LogP contribution in [0.2, 0.25) is 0 Å². The maximum absolute atomic E-state index is 13.3. The molecule has 0 aliphatic carbocycles. The first-order valence-electron chi connectivity index (χ1n) is 11.2. The Morgan fingerprint density at radius 3 is 2.21 bits per heavy atom. The largest absolute Gasteiger partial charge is 0.331 e. The summed E-state index contributed by atoms with van der Waals surface area (Å²) in [5.41, 5.74) is 5.12. The molecule has 0 fully saturated rings. The van der Waals surface area contributed by atoms with Crippen LogP contribution in [0.4, 0.5) is 5.69 Å². The van der Waals surface area contributed by atoms with Crippen LogP contribution in [-0.2, 0) is 13.1 Å². The lowest BCUT2D eigenvalue weighted by atomic mass is 10.1. The van der Waals surface area contributed by atoms with Crippen molar-refractivity contribution in [3.05, 3.63) is 126 Å². The molecule has 0 saturated carbocycles. The van der Waals surface area contributed by atoms with E-state index in [0.29, 0.717) is 17.8 Å². The predicted molar refractivity (Wildman–Crippen MR) is 134 cm³/mol. The van der Waals surface area contributed by atoms with Crippen molar-refractivity contribution < 1.29 is 4.79 Å². The number of aryl methyl sites for hydroxylation is 1. The molecule has 6 nitrogen and oxygen atoms in total. The zero-order valence-electron chi connectivity index (χ0n) is 18.9. The van der Waals surface area contributed by atoms with Crippen molar-refractivity contribution in [2.45, 2.75) is 20.0 Å². The van der Waals surface area contributed by atoms with Gasteiger partial charge in [0.25, 0.3) is 5.91 Å². The van der Waals surface area contributed by atoms with Gasteiger partial charge in [0.2, 0.25) is 0 Å². The molecule has 3 aromatic carbocycles. The van der Waals surface area contributed by atoms with Gasteiger partial charge in [-0.2, -0.15) is 5.10 Å². The highest BCUT2D eigenvalue weighted by Gasteiger charge is 2.18. The summed E-state index contributed by atoms with van der Waals surface area (Å²) < 4.78 is 3.91. The summed E-state index contributed by atoms with van der Waals surface area (Å²) in [5.74, 6) is 0.787. The van der Waals surface area contributed by atoms with Crippen LogP contribution in [0, 0.1) is 6.92 Å². The maximum Gasteiger partial charge on any atom is 0.259 e. The second-order valence-corrected chi connectivity index (χ2v) is 8.19. The van der Waals surface area contributed by atoms with Crippen molar-refractivity contribution >= 4 is 11.6 Å². The van der Waals surface area contributed by atoms with E-state index in [9.17, 15) is 4.79 Å². The molecule has 0 radical (unpaired) electrons. The fourth-order valence-electron chi connectivity index (χ4n) is 3.91. The molecule has 1 amide bonds. The molecule has 0 spiro atoms. The number of anilines is 1. The van der Waals surface area contributed by atoms with E-state index in [-0.39, 0.29) is 5.91 Å². The Hall–Kier alpha value is -4.45. The Bertz CT molecular complexity index is 1390. The minimum atomic E-state index is -0.184. The number of amides is 1. The summed E-state index contributed by atoms with van der Waals surface area (Å²) in [6.07, 6.45) is 5.58. The number of carbonyl (C=O) groups excluding carboxylic acids is 1. The van der Waals surface area contributed by atoms with Gasteiger partial charge in [0, 0.05) is 36.4 Å². The molecular formula is C28H25N5O. The maximum atomic E-state index is 13.3. The molecule has 5 aromatic rings. The highest BCUT2D eigenvalue weighted by Crippen LogP contribution is 2.24. The number of imidazole rings is 1. The molecule has 0 unspecified atom stereocenters. The van der Waals surface area contributed by atoms with Crippen molar-refractivity contribution in [1.29, 1.82) is 0 Å². The van der Waals surface area contributed by atoms with Crippen LogP contribution in [0.15, 0.2) is 104 Å². The van der Waals surface area contributed by atoms with Crippen LogP contribution in [0.1, 0.15) is 27.3 Å². The number of nitrogens with one attached hydrogen (secondary N) is 1. The molecule has 5 rings (SSSR count). The van der Waals surface area contributed by atoms with E-state index in [1.54, 1.807) is 6.20 Å². The molecule has 0 aliphatic rings. The molecule has 0 bridgehead atoms. The van der Waals surface area contributed by atoms with E-state index in [1.165, 1.54) is 0 Å². The van der Waals surface area contributed by atoms with Crippen LogP contribution in [0.3, 0.4) is 0 Å². The van der Waals surface area contributed by atoms with E-state index in [4.69, 9.17) is 5.10 Å². The summed E-state index contributed by atoms with van der Waals surface area (Å²) in [5, 5.41) is 7.78. The molecular weight excluding hydrogens is 422 g/mol. The van der Waals surface area contributed by atoms with Gasteiger partial charge in [0.15, 0.2) is 0 Å². The van der Waals surface area contributed by atoms with Crippen molar-refractivity contribution in [3.8, 4) is 11.3 Å². The smallest absolute Gasteiger partial charge is 0.259 e. The fourth-order valence-corrected chi connectivity index (χ4v) is 3.91. The Balaban J connectivity index is 1.37. The summed E-state index contributed by atoms with van der Waals surface area (Å²) in [6.45, 7) is 3.32. The summed E-state index contributed by atoms with van der Waals surface area (Å²) in [4.78, 5) is 17.5. The van der Waals surface area contributed by atoms with Gasteiger partial charge in [0.1, 0.15) is 11.5 Å². The quantitative estimate of drug-likeness (QED) is 0.363. The lowest BCUT2D eigenvalue weighted by molar-refractivity contribution is 0.102. The van der Waals surface area contributed by atoms with E-state index in [0.717, 1.165) is 34.7 Å². The third kappa shape index (κ3) is 4.81. The molecule has 168 valence electrons. The Morgan fingerprint density at radius 2 is 1.53 bits per heavy atom. The van der Waals surface area contributed by atoms with Gasteiger partial charge < -0.3 is 9.88 Å². The molecule has 1 N–H and O–H groups in total. The van der Waals surface area contributed by atoms with E-state index in [2.05, 4.69) is 27.0 Å². The summed E-state index contributed by atoms with van der Waals surface area (Å²) >= 11 is 0. The first-order chi connectivity index (χ1) is 16.7. The number of aromatic nitrogens is 4. The average molecular weight is 448 g/mol. The van der Waals surface area contributed by atoms with Crippen LogP contribution >= 0.6 is 0 Å². The number of hydrogen-bond donors (Lipinski definition) is 1. The standard InChI is InChI=1S/C28H25N5O/c1-21-29-16-17-32(21)18-23-12-14-25(15-13-23)30-28(34)26-20-33(19-22-8-4-2-5-9-22)31-27(26)24-10-6-3-7-11-24/h2-17,20H,18-19H2,1H3,(H,30,34). The van der Waals surface area contributed by atoms with Crippen LogP contribution in [0.25, 0.3) is 11.3 Å². The van der Waals surface area contributed by atoms with E-state index < -0.39 is 0 Å². The highest BCUT2D eigenvalue weighted by atomic mass is 16.1. The van der Waals surface area contributed by atoms with E-state index >= 15 is 0 Å². The monoisotopic (exact) mass is 447 g/mol. The Morgan fingerprint density at radius 1 is 0.853 bits per heavy atom. The van der Waals surface area contributed by atoms with Gasteiger partial charge in [-0.15, -0.1) is 0 Å². The highest BCUT2D eigenvalue weighted by molar-refractivity contribution is 6.08. The van der Waals surface area contributed by atoms with Crippen LogP contribution in [-0.4, -0.2) is 25.2 Å². The number of carbonyl (C=O) groups is 1. The molecule has 0 saturated heterocycles. The van der Waals surface area contributed by atoms with Gasteiger partial charge in [-0.25, -0.2) is 4.98 Å². The van der Waals surface area contributed by atoms with Gasteiger partial charge in [-0.3, -0.25) is 9.48 Å². The van der Waals surface area contributed by atoms with Crippen molar-refractivity contribution in [1.82, 2.24) is 19.3 Å². The molecule has 2 aromatic heterocycles. The topological polar surface area (TPSA) is 64.7 Å². The second kappa shape index (κ2) is 9.58. The van der Waals surface area contributed by atoms with Gasteiger partial charge in [-0.05, 0) is 30.2 Å². The zero-order chi connectivity index (χ0) is 23.3. The Kier molecular flexibility index (Phi) is 6.03. The first kappa shape index (κ1) is 21.4. The van der Waals surface area contributed by atoms with Crippen molar-refractivity contribution in [3.63, 3.8) is 0 Å². The van der Waals surface area contributed by atoms with Crippen molar-refractivity contribution in [2.24, 2.45) is 0 Å². The number of rotatable bonds is 7. The third-order valence-electron chi connectivity index (χ3n) is 5.73. The van der Waals surface area contributed by atoms with Crippen LogP contribution in [0.5, 0.6) is 0 Å². The lowest BCUT2D eigenvalue weighted by Gasteiger charge is -2.08. The third-order valence-corrected chi connectivity index (χ3v) is 5.73. The minimum Gasteiger partial charge on any atom is -0.331 e. The van der Waals surface area contributed by atoms with Gasteiger partial charge in [0.05, 0.1) is 12.1 Å². The molecule has 34 heavy (non-hydrogen) atoms. The zero-order valence-corrected chi connectivity index (χ0v) is 18.9. The normalized spacial score (nSPS) is 10.9. The predicted octanol–water partition coefficient (Wildman–Crippen LogP) is 5.40. The number of benzene rings is 3. The Labute approximate surface area is 198 Å². The van der Waals surface area contributed by atoms with Gasteiger partial charge in [-0.1, -0.05) is 72.8 Å². The molecule has 0 aliphatic heterocycles. The number of nitrogens with zero attached hydrogens (tertiary/aromatic N) is 4. The minimum absolute atomic E-state index is 0.184. The lowest BCUT2D eigenvalue weighted by Crippen LogP contribution is -2.12. The molecule has 2 heterocycles. The molecule has 6 heteroatoms. The van der Waals surface area contributed by atoms with Crippen molar-refractivity contribution in [2.75, 3.05) is 5.32 Å².